The lowest BCUT2D eigenvalue weighted by atomic mass is 10.0. The first-order valence-corrected chi connectivity index (χ1v) is 5.06. The molecule has 0 heterocycles. The van der Waals surface area contributed by atoms with Crippen LogP contribution in [0.15, 0.2) is 18.2 Å². The maximum atomic E-state index is 8.71. The fourth-order valence-corrected chi connectivity index (χ4v) is 1.20. The van der Waals surface area contributed by atoms with Crippen molar-refractivity contribution in [2.24, 2.45) is 0 Å². The third kappa shape index (κ3) is 2.88. The molecule has 0 bridgehead atoms. The van der Waals surface area contributed by atoms with Crippen molar-refractivity contribution in [2.75, 3.05) is 11.1 Å². The molecule has 15 heavy (non-hydrogen) atoms. The van der Waals surface area contributed by atoms with Crippen molar-refractivity contribution in [2.45, 2.75) is 32.7 Å². The summed E-state index contributed by atoms with van der Waals surface area (Å²) >= 11 is 0. The van der Waals surface area contributed by atoms with Gasteiger partial charge in [0.15, 0.2) is 0 Å². The number of rotatable bonds is 3. The third-order valence-electron chi connectivity index (χ3n) is 2.54. The van der Waals surface area contributed by atoms with E-state index in [-0.39, 0.29) is 5.54 Å². The van der Waals surface area contributed by atoms with Gasteiger partial charge < -0.3 is 11.1 Å². The smallest absolute Gasteiger partial charge is 0.0992 e. The molecule has 0 saturated carbocycles. The zero-order valence-corrected chi connectivity index (χ0v) is 9.46. The van der Waals surface area contributed by atoms with E-state index in [2.05, 4.69) is 32.2 Å². The van der Waals surface area contributed by atoms with Crippen LogP contribution < -0.4 is 11.1 Å². The minimum Gasteiger partial charge on any atom is -0.397 e. The molecule has 0 fully saturated rings. The summed E-state index contributed by atoms with van der Waals surface area (Å²) in [5.74, 6) is 0. The second kappa shape index (κ2) is 4.22. The molecule has 80 valence electrons. The predicted octanol–water partition coefficient (Wildman–Crippen LogP) is 2.74. The van der Waals surface area contributed by atoms with Crippen LogP contribution in [0.3, 0.4) is 0 Å². The minimum atomic E-state index is 0.0162. The van der Waals surface area contributed by atoms with Crippen molar-refractivity contribution in [3.05, 3.63) is 23.8 Å². The average molecular weight is 203 g/mol. The normalized spacial score (nSPS) is 10.8. The Morgan fingerprint density at radius 2 is 2.13 bits per heavy atom. The third-order valence-corrected chi connectivity index (χ3v) is 2.54. The molecule has 1 rings (SSSR count). The van der Waals surface area contributed by atoms with Crippen LogP contribution >= 0.6 is 0 Å². The minimum absolute atomic E-state index is 0.0162. The monoisotopic (exact) mass is 203 g/mol. The van der Waals surface area contributed by atoms with Crippen LogP contribution in [0.4, 0.5) is 11.4 Å². The second-order valence-corrected chi connectivity index (χ2v) is 4.28. The van der Waals surface area contributed by atoms with E-state index in [9.17, 15) is 0 Å². The molecule has 0 atom stereocenters. The first kappa shape index (κ1) is 11.4. The summed E-state index contributed by atoms with van der Waals surface area (Å²) in [7, 11) is 0. The van der Waals surface area contributed by atoms with Crippen LogP contribution in [-0.2, 0) is 0 Å². The largest absolute Gasteiger partial charge is 0.397 e. The molecule has 3 N–H and O–H groups in total. The number of hydrogen-bond donors (Lipinski definition) is 2. The summed E-state index contributed by atoms with van der Waals surface area (Å²) in [5, 5.41) is 12.1. The molecule has 0 aromatic heterocycles. The van der Waals surface area contributed by atoms with Crippen LogP contribution in [0.5, 0.6) is 0 Å². The summed E-state index contributed by atoms with van der Waals surface area (Å²) in [4.78, 5) is 0. The highest BCUT2D eigenvalue weighted by Crippen LogP contribution is 2.24. The first-order chi connectivity index (χ1) is 6.98. The van der Waals surface area contributed by atoms with Crippen LogP contribution in [-0.4, -0.2) is 5.54 Å². The molecule has 1 aromatic carbocycles. The maximum Gasteiger partial charge on any atom is 0.0992 e. The molecule has 0 aliphatic rings. The molecule has 0 amide bonds. The number of nitrogen functional groups attached to an aromatic ring is 1. The van der Waals surface area contributed by atoms with Gasteiger partial charge in [-0.25, -0.2) is 0 Å². The van der Waals surface area contributed by atoms with E-state index >= 15 is 0 Å². The summed E-state index contributed by atoms with van der Waals surface area (Å²) in [6.45, 7) is 6.35. The van der Waals surface area contributed by atoms with Gasteiger partial charge in [-0.15, -0.1) is 0 Å². The predicted molar refractivity (Wildman–Crippen MR) is 63.6 cm³/mol. The fourth-order valence-electron chi connectivity index (χ4n) is 1.20. The molecule has 0 unspecified atom stereocenters. The van der Waals surface area contributed by atoms with Gasteiger partial charge in [0.2, 0.25) is 0 Å². The summed E-state index contributed by atoms with van der Waals surface area (Å²) < 4.78 is 0. The lowest BCUT2D eigenvalue weighted by Gasteiger charge is -2.26. The maximum absolute atomic E-state index is 8.71. The molecule has 3 heteroatoms. The molecular weight excluding hydrogens is 186 g/mol. The van der Waals surface area contributed by atoms with Crippen LogP contribution in [0, 0.1) is 11.3 Å². The number of benzene rings is 1. The van der Waals surface area contributed by atoms with Gasteiger partial charge in [-0.2, -0.15) is 5.26 Å². The van der Waals surface area contributed by atoms with E-state index < -0.39 is 0 Å². The Bertz CT molecular complexity index is 388. The van der Waals surface area contributed by atoms with Gasteiger partial charge in [0.25, 0.3) is 0 Å². The summed E-state index contributed by atoms with van der Waals surface area (Å²) in [5.41, 5.74) is 7.96. The van der Waals surface area contributed by atoms with Gasteiger partial charge in [0, 0.05) is 5.54 Å². The van der Waals surface area contributed by atoms with Gasteiger partial charge in [-0.05, 0) is 38.5 Å². The highest BCUT2D eigenvalue weighted by molar-refractivity contribution is 5.68. The van der Waals surface area contributed by atoms with Crippen LogP contribution in [0.1, 0.15) is 32.8 Å². The van der Waals surface area contributed by atoms with Gasteiger partial charge >= 0.3 is 0 Å². The van der Waals surface area contributed by atoms with Gasteiger partial charge in [0.05, 0.1) is 23.0 Å². The molecule has 0 spiro atoms. The summed E-state index contributed by atoms with van der Waals surface area (Å²) in [6, 6.07) is 7.37. The van der Waals surface area contributed by atoms with Crippen molar-refractivity contribution < 1.29 is 0 Å². The zero-order valence-electron chi connectivity index (χ0n) is 9.46. The van der Waals surface area contributed by atoms with E-state index in [1.54, 1.807) is 12.1 Å². The Labute approximate surface area is 90.9 Å². The van der Waals surface area contributed by atoms with Crippen molar-refractivity contribution >= 4 is 11.4 Å². The Morgan fingerprint density at radius 3 is 2.60 bits per heavy atom. The van der Waals surface area contributed by atoms with E-state index in [0.717, 1.165) is 12.1 Å². The SMILES string of the molecule is CCC(C)(C)Nc1ccc(C#N)cc1N. The Balaban J connectivity index is 2.93. The number of nitrogens with one attached hydrogen (secondary N) is 1. The summed E-state index contributed by atoms with van der Waals surface area (Å²) in [6.07, 6.45) is 1.01. The average Bonchev–Trinajstić information content (AvgIpc) is 2.21. The first-order valence-electron chi connectivity index (χ1n) is 5.06. The van der Waals surface area contributed by atoms with Crippen molar-refractivity contribution in [3.8, 4) is 6.07 Å². The Morgan fingerprint density at radius 1 is 1.47 bits per heavy atom. The van der Waals surface area contributed by atoms with Crippen LogP contribution in [0.25, 0.3) is 0 Å². The molecule has 0 radical (unpaired) electrons. The zero-order chi connectivity index (χ0) is 11.5. The molecule has 1 aromatic rings. The quantitative estimate of drug-likeness (QED) is 0.742. The Kier molecular flexibility index (Phi) is 3.21. The fraction of sp³-hybridized carbons (Fsp3) is 0.417. The second-order valence-electron chi connectivity index (χ2n) is 4.28. The van der Waals surface area contributed by atoms with Crippen molar-refractivity contribution in [1.82, 2.24) is 0 Å². The number of hydrogen-bond acceptors (Lipinski definition) is 3. The molecule has 3 nitrogen and oxygen atoms in total. The topological polar surface area (TPSA) is 61.8 Å². The lowest BCUT2D eigenvalue weighted by Crippen LogP contribution is -2.30. The van der Waals surface area contributed by atoms with Crippen molar-refractivity contribution in [1.29, 1.82) is 5.26 Å². The number of nitriles is 1. The van der Waals surface area contributed by atoms with E-state index in [1.165, 1.54) is 0 Å². The number of nitrogens with zero attached hydrogens (tertiary/aromatic N) is 1. The van der Waals surface area contributed by atoms with Crippen LogP contribution in [0.2, 0.25) is 0 Å². The van der Waals surface area contributed by atoms with Gasteiger partial charge in [0.1, 0.15) is 0 Å². The number of anilines is 2. The van der Waals surface area contributed by atoms with Gasteiger partial charge in [-0.1, -0.05) is 6.92 Å². The lowest BCUT2D eigenvalue weighted by molar-refractivity contribution is 0.547. The van der Waals surface area contributed by atoms with E-state index in [0.29, 0.717) is 11.3 Å². The molecule has 0 saturated heterocycles. The standard InChI is InChI=1S/C12H17N3/c1-4-12(2,3)15-11-6-5-9(8-13)7-10(11)14/h5-7,15H,4,14H2,1-3H3. The highest BCUT2D eigenvalue weighted by atomic mass is 15.0. The van der Waals surface area contributed by atoms with E-state index in [4.69, 9.17) is 11.0 Å². The molecule has 0 aliphatic carbocycles. The molecule has 0 aliphatic heterocycles. The van der Waals surface area contributed by atoms with Gasteiger partial charge in [-0.3, -0.25) is 0 Å². The Hall–Kier alpha value is -1.69. The number of nitrogens with two attached hydrogens (primary N) is 1. The van der Waals surface area contributed by atoms with Crippen molar-refractivity contribution in [3.63, 3.8) is 0 Å². The molecular formula is C12H17N3. The van der Waals surface area contributed by atoms with E-state index in [1.807, 2.05) is 6.07 Å². The highest BCUT2D eigenvalue weighted by Gasteiger charge is 2.15.